The van der Waals surface area contributed by atoms with Gasteiger partial charge in [-0.2, -0.15) is 0 Å². The van der Waals surface area contributed by atoms with Gasteiger partial charge in [0.1, 0.15) is 0 Å². The van der Waals surface area contributed by atoms with E-state index in [1.165, 1.54) is 5.56 Å². The zero-order valence-electron chi connectivity index (χ0n) is 10.2. The Labute approximate surface area is 106 Å². The molecule has 1 saturated heterocycles. The number of morpholine rings is 1. The highest BCUT2D eigenvalue weighted by Crippen LogP contribution is 2.41. The summed E-state index contributed by atoms with van der Waals surface area (Å²) >= 11 is 0. The van der Waals surface area contributed by atoms with Crippen LogP contribution in [-0.2, 0) is 11.3 Å². The summed E-state index contributed by atoms with van der Waals surface area (Å²) in [5, 5.41) is 0. The summed E-state index contributed by atoms with van der Waals surface area (Å²) in [5.41, 5.74) is 1.17. The van der Waals surface area contributed by atoms with Crippen LogP contribution in [0.4, 0.5) is 8.78 Å². The van der Waals surface area contributed by atoms with Gasteiger partial charge in [0, 0.05) is 32.0 Å². The zero-order chi connectivity index (χ0) is 12.6. The van der Waals surface area contributed by atoms with E-state index >= 15 is 0 Å². The normalized spacial score (nSPS) is 31.2. The first-order chi connectivity index (χ1) is 8.64. The quantitative estimate of drug-likeness (QED) is 0.803. The zero-order valence-corrected chi connectivity index (χ0v) is 10.2. The van der Waals surface area contributed by atoms with Crippen molar-refractivity contribution < 1.29 is 13.5 Å². The topological polar surface area (TPSA) is 12.5 Å². The molecule has 98 valence electrons. The van der Waals surface area contributed by atoms with E-state index in [2.05, 4.69) is 4.90 Å². The third-order valence-corrected chi connectivity index (χ3v) is 3.84. The average molecular weight is 253 g/mol. The Balaban J connectivity index is 1.72. The van der Waals surface area contributed by atoms with E-state index in [0.29, 0.717) is 6.61 Å². The van der Waals surface area contributed by atoms with Crippen LogP contribution in [0, 0.1) is 0 Å². The molecule has 0 spiro atoms. The standard InChI is InChI=1S/C14H17F2NO/c15-14(16)8-12-13(9-14)18-7-6-17(12)10-11-4-2-1-3-5-11/h1-5,12-13H,6-10H2/t12-,13-/m0/s1. The van der Waals surface area contributed by atoms with Gasteiger partial charge in [0.25, 0.3) is 5.92 Å². The lowest BCUT2D eigenvalue weighted by Gasteiger charge is -2.37. The maximum atomic E-state index is 13.5. The molecule has 0 radical (unpaired) electrons. The highest BCUT2D eigenvalue weighted by atomic mass is 19.3. The van der Waals surface area contributed by atoms with Crippen molar-refractivity contribution in [3.05, 3.63) is 35.9 Å². The molecular weight excluding hydrogens is 236 g/mol. The summed E-state index contributed by atoms with van der Waals surface area (Å²) in [7, 11) is 0. The fourth-order valence-electron chi connectivity index (χ4n) is 2.99. The molecule has 0 bridgehead atoms. The monoisotopic (exact) mass is 253 g/mol. The summed E-state index contributed by atoms with van der Waals surface area (Å²) in [5.74, 6) is -2.56. The van der Waals surface area contributed by atoms with Gasteiger partial charge in [0.05, 0.1) is 12.7 Å². The molecule has 1 aromatic carbocycles. The smallest absolute Gasteiger partial charge is 0.252 e. The van der Waals surface area contributed by atoms with Gasteiger partial charge in [-0.3, -0.25) is 4.90 Å². The van der Waals surface area contributed by atoms with Crippen LogP contribution in [0.15, 0.2) is 30.3 Å². The second-order valence-electron chi connectivity index (χ2n) is 5.20. The predicted octanol–water partition coefficient (Wildman–Crippen LogP) is 2.69. The van der Waals surface area contributed by atoms with Crippen LogP contribution in [0.5, 0.6) is 0 Å². The third-order valence-electron chi connectivity index (χ3n) is 3.84. The number of hydrogen-bond donors (Lipinski definition) is 0. The SMILES string of the molecule is FC1(F)C[C@@H]2OCCN(Cc3ccccc3)[C@H]2C1. The Bertz CT molecular complexity index is 410. The maximum absolute atomic E-state index is 13.5. The van der Waals surface area contributed by atoms with E-state index in [-0.39, 0.29) is 25.0 Å². The molecule has 1 aromatic rings. The van der Waals surface area contributed by atoms with Gasteiger partial charge >= 0.3 is 0 Å². The molecule has 1 heterocycles. The molecule has 2 fully saturated rings. The van der Waals surface area contributed by atoms with Crippen molar-refractivity contribution in [1.29, 1.82) is 0 Å². The molecule has 1 saturated carbocycles. The Kier molecular flexibility index (Phi) is 3.08. The van der Waals surface area contributed by atoms with Crippen LogP contribution in [0.1, 0.15) is 18.4 Å². The number of nitrogens with zero attached hydrogens (tertiary/aromatic N) is 1. The van der Waals surface area contributed by atoms with Gasteiger partial charge in [-0.05, 0) is 5.56 Å². The van der Waals surface area contributed by atoms with Crippen molar-refractivity contribution in [1.82, 2.24) is 4.90 Å². The van der Waals surface area contributed by atoms with Crippen LogP contribution in [0.2, 0.25) is 0 Å². The third kappa shape index (κ3) is 2.40. The van der Waals surface area contributed by atoms with Crippen molar-refractivity contribution in [2.75, 3.05) is 13.2 Å². The van der Waals surface area contributed by atoms with Crippen LogP contribution < -0.4 is 0 Å². The van der Waals surface area contributed by atoms with E-state index in [1.54, 1.807) is 0 Å². The Morgan fingerprint density at radius 1 is 1.22 bits per heavy atom. The van der Waals surface area contributed by atoms with Crippen molar-refractivity contribution in [2.24, 2.45) is 0 Å². The minimum atomic E-state index is -2.56. The number of ether oxygens (including phenoxy) is 1. The van der Waals surface area contributed by atoms with E-state index < -0.39 is 5.92 Å². The van der Waals surface area contributed by atoms with Crippen molar-refractivity contribution in [2.45, 2.75) is 37.5 Å². The van der Waals surface area contributed by atoms with Gasteiger partial charge in [-0.1, -0.05) is 30.3 Å². The minimum absolute atomic E-state index is 0.0650. The molecule has 2 atom stereocenters. The molecule has 0 amide bonds. The summed E-state index contributed by atoms with van der Waals surface area (Å²) in [4.78, 5) is 2.14. The first-order valence-electron chi connectivity index (χ1n) is 6.41. The molecule has 0 aromatic heterocycles. The minimum Gasteiger partial charge on any atom is -0.375 e. The lowest BCUT2D eigenvalue weighted by molar-refractivity contribution is -0.0614. The Morgan fingerprint density at radius 3 is 2.78 bits per heavy atom. The molecule has 1 aliphatic heterocycles. The number of benzene rings is 1. The van der Waals surface area contributed by atoms with Crippen LogP contribution in [0.25, 0.3) is 0 Å². The molecule has 4 heteroatoms. The molecule has 0 N–H and O–H groups in total. The fourth-order valence-corrected chi connectivity index (χ4v) is 2.99. The highest BCUT2D eigenvalue weighted by Gasteiger charge is 2.50. The van der Waals surface area contributed by atoms with Gasteiger partial charge in [0.15, 0.2) is 0 Å². The van der Waals surface area contributed by atoms with Gasteiger partial charge in [-0.25, -0.2) is 8.78 Å². The number of halogens is 2. The lowest BCUT2D eigenvalue weighted by atomic mass is 10.1. The second kappa shape index (κ2) is 4.59. The van der Waals surface area contributed by atoms with Crippen LogP contribution >= 0.6 is 0 Å². The average Bonchev–Trinajstić information content (AvgIpc) is 2.66. The van der Waals surface area contributed by atoms with Crippen molar-refractivity contribution >= 4 is 0 Å². The number of alkyl halides is 2. The highest BCUT2D eigenvalue weighted by molar-refractivity contribution is 5.15. The van der Waals surface area contributed by atoms with Crippen molar-refractivity contribution in [3.63, 3.8) is 0 Å². The van der Waals surface area contributed by atoms with Crippen LogP contribution in [-0.4, -0.2) is 36.1 Å². The Morgan fingerprint density at radius 2 is 2.00 bits per heavy atom. The van der Waals surface area contributed by atoms with E-state index in [0.717, 1.165) is 13.1 Å². The predicted molar refractivity (Wildman–Crippen MR) is 64.6 cm³/mol. The maximum Gasteiger partial charge on any atom is 0.252 e. The molecule has 3 rings (SSSR count). The second-order valence-corrected chi connectivity index (χ2v) is 5.20. The molecule has 1 aliphatic carbocycles. The fraction of sp³-hybridized carbons (Fsp3) is 0.571. The van der Waals surface area contributed by atoms with Gasteiger partial charge in [-0.15, -0.1) is 0 Å². The molecule has 2 aliphatic rings. The molecule has 2 nitrogen and oxygen atoms in total. The molecule has 18 heavy (non-hydrogen) atoms. The Hall–Kier alpha value is -1.00. The largest absolute Gasteiger partial charge is 0.375 e. The summed E-state index contributed by atoms with van der Waals surface area (Å²) in [6, 6.07) is 9.88. The number of fused-ring (bicyclic) bond motifs is 1. The number of hydrogen-bond acceptors (Lipinski definition) is 2. The summed E-state index contributed by atoms with van der Waals surface area (Å²) in [6.07, 6.45) is -0.481. The van der Waals surface area contributed by atoms with Crippen molar-refractivity contribution in [3.8, 4) is 0 Å². The van der Waals surface area contributed by atoms with Crippen LogP contribution in [0.3, 0.4) is 0 Å². The molecular formula is C14H17F2NO. The first kappa shape index (κ1) is 12.1. The number of rotatable bonds is 2. The summed E-state index contributed by atoms with van der Waals surface area (Å²) in [6.45, 7) is 2.04. The summed E-state index contributed by atoms with van der Waals surface area (Å²) < 4.78 is 32.4. The van der Waals surface area contributed by atoms with E-state index in [1.807, 2.05) is 30.3 Å². The van der Waals surface area contributed by atoms with Gasteiger partial charge in [0.2, 0.25) is 0 Å². The van der Waals surface area contributed by atoms with E-state index in [9.17, 15) is 8.78 Å². The van der Waals surface area contributed by atoms with E-state index in [4.69, 9.17) is 4.74 Å². The van der Waals surface area contributed by atoms with Gasteiger partial charge < -0.3 is 4.74 Å². The lowest BCUT2D eigenvalue weighted by Crippen LogP contribution is -2.47. The molecule has 0 unspecified atom stereocenters. The first-order valence-corrected chi connectivity index (χ1v) is 6.41.